The number of nitrogens with one attached hydrogen (secondary N) is 3. The van der Waals surface area contributed by atoms with Crippen LogP contribution in [-0.4, -0.2) is 23.8 Å². The van der Waals surface area contributed by atoms with Crippen molar-refractivity contribution in [3.8, 4) is 5.75 Å². The summed E-state index contributed by atoms with van der Waals surface area (Å²) in [6.45, 7) is 3.79. The maximum absolute atomic E-state index is 12.4. The third-order valence-corrected chi connectivity index (χ3v) is 4.70. The Morgan fingerprint density at radius 1 is 0.781 bits per heavy atom. The van der Waals surface area contributed by atoms with Gasteiger partial charge in [-0.05, 0) is 61.9 Å². The number of hydrazine groups is 1. The average molecular weight is 431 g/mol. The first-order valence-electron chi connectivity index (χ1n) is 10.3. The third kappa shape index (κ3) is 6.18. The monoisotopic (exact) mass is 431 g/mol. The van der Waals surface area contributed by atoms with E-state index in [9.17, 15) is 14.4 Å². The Morgan fingerprint density at radius 3 is 2.03 bits per heavy atom. The lowest BCUT2D eigenvalue weighted by atomic mass is 10.1. The number of anilines is 1. The van der Waals surface area contributed by atoms with Crippen LogP contribution in [0.1, 0.15) is 39.6 Å². The number of carbonyl (C=O) groups excluding carboxylic acids is 3. The second-order valence-corrected chi connectivity index (χ2v) is 7.17. The first-order valence-corrected chi connectivity index (χ1v) is 10.3. The molecule has 0 bridgehead atoms. The lowest BCUT2D eigenvalue weighted by Crippen LogP contribution is -2.47. The van der Waals surface area contributed by atoms with Crippen molar-refractivity contribution in [2.24, 2.45) is 0 Å². The summed E-state index contributed by atoms with van der Waals surface area (Å²) in [5.74, 6) is -0.594. The molecule has 0 aliphatic carbocycles. The molecule has 0 saturated heterocycles. The molecule has 3 amide bonds. The van der Waals surface area contributed by atoms with Gasteiger partial charge in [0, 0.05) is 16.8 Å². The van der Waals surface area contributed by atoms with E-state index < -0.39 is 17.9 Å². The van der Waals surface area contributed by atoms with Crippen molar-refractivity contribution in [1.29, 1.82) is 0 Å². The lowest BCUT2D eigenvalue weighted by molar-refractivity contribution is -0.128. The SMILES string of the molecule is CC[C@@H](Oc1ccc(C)cc1)C(=O)NNC(=O)c1ccc(NC(=O)c2ccccc2)cc1. The number of ether oxygens (including phenoxy) is 1. The largest absolute Gasteiger partial charge is 0.481 e. The molecule has 0 fully saturated rings. The summed E-state index contributed by atoms with van der Waals surface area (Å²) in [6.07, 6.45) is -0.306. The highest BCUT2D eigenvalue weighted by Gasteiger charge is 2.19. The lowest BCUT2D eigenvalue weighted by Gasteiger charge is -2.17. The minimum atomic E-state index is -0.742. The summed E-state index contributed by atoms with van der Waals surface area (Å²) < 4.78 is 5.70. The molecule has 0 spiro atoms. The van der Waals surface area contributed by atoms with Crippen molar-refractivity contribution < 1.29 is 19.1 Å². The Kier molecular flexibility index (Phi) is 7.59. The molecule has 0 saturated carbocycles. The molecular weight excluding hydrogens is 406 g/mol. The molecule has 7 heteroatoms. The van der Waals surface area contributed by atoms with Gasteiger partial charge < -0.3 is 10.1 Å². The Bertz CT molecular complexity index is 1060. The Labute approximate surface area is 186 Å². The molecule has 0 radical (unpaired) electrons. The Hall–Kier alpha value is -4.13. The van der Waals surface area contributed by atoms with E-state index in [2.05, 4.69) is 16.2 Å². The molecule has 32 heavy (non-hydrogen) atoms. The standard InChI is InChI=1S/C25H25N3O4/c1-3-22(32-21-15-9-17(2)10-16-21)25(31)28-27-24(30)19-11-13-20(14-12-19)26-23(29)18-7-5-4-6-8-18/h4-16,22H,3H2,1-2H3,(H,26,29)(H,27,30)(H,28,31)/t22-/m1/s1. The predicted octanol–water partition coefficient (Wildman–Crippen LogP) is 3.87. The minimum Gasteiger partial charge on any atom is -0.481 e. The summed E-state index contributed by atoms with van der Waals surface area (Å²) in [6, 6.07) is 22.6. The number of hydrogen-bond donors (Lipinski definition) is 3. The van der Waals surface area contributed by atoms with Crippen molar-refractivity contribution in [2.75, 3.05) is 5.32 Å². The van der Waals surface area contributed by atoms with Gasteiger partial charge in [0.2, 0.25) is 0 Å². The Balaban J connectivity index is 1.52. The van der Waals surface area contributed by atoms with Gasteiger partial charge in [0.25, 0.3) is 17.7 Å². The third-order valence-electron chi connectivity index (χ3n) is 4.70. The van der Waals surface area contributed by atoms with Gasteiger partial charge in [0.1, 0.15) is 5.75 Å². The van der Waals surface area contributed by atoms with Crippen molar-refractivity contribution >= 4 is 23.4 Å². The highest BCUT2D eigenvalue weighted by molar-refractivity contribution is 6.04. The molecule has 7 nitrogen and oxygen atoms in total. The molecule has 3 aromatic rings. The topological polar surface area (TPSA) is 96.5 Å². The normalized spacial score (nSPS) is 11.2. The van der Waals surface area contributed by atoms with E-state index in [1.807, 2.05) is 32.0 Å². The van der Waals surface area contributed by atoms with E-state index in [1.54, 1.807) is 60.7 Å². The zero-order valence-corrected chi connectivity index (χ0v) is 17.9. The second kappa shape index (κ2) is 10.8. The molecule has 3 N–H and O–H groups in total. The van der Waals surface area contributed by atoms with E-state index in [-0.39, 0.29) is 5.91 Å². The van der Waals surface area contributed by atoms with Crippen molar-refractivity contribution in [3.63, 3.8) is 0 Å². The molecule has 0 unspecified atom stereocenters. The van der Waals surface area contributed by atoms with Crippen LogP contribution in [0.5, 0.6) is 5.75 Å². The molecule has 164 valence electrons. The maximum atomic E-state index is 12.4. The van der Waals surface area contributed by atoms with Crippen LogP contribution in [0, 0.1) is 6.92 Å². The van der Waals surface area contributed by atoms with Gasteiger partial charge in [-0.15, -0.1) is 0 Å². The molecule has 0 heterocycles. The number of carbonyl (C=O) groups is 3. The predicted molar refractivity (Wildman–Crippen MR) is 122 cm³/mol. The van der Waals surface area contributed by atoms with Crippen molar-refractivity contribution in [1.82, 2.24) is 10.9 Å². The van der Waals surface area contributed by atoms with E-state index in [0.717, 1.165) is 5.56 Å². The fraction of sp³-hybridized carbons (Fsp3) is 0.160. The highest BCUT2D eigenvalue weighted by atomic mass is 16.5. The zero-order chi connectivity index (χ0) is 22.9. The molecule has 3 aromatic carbocycles. The van der Waals surface area contributed by atoms with Crippen LogP contribution in [0.2, 0.25) is 0 Å². The van der Waals surface area contributed by atoms with E-state index in [0.29, 0.717) is 29.0 Å². The van der Waals surface area contributed by atoms with Crippen LogP contribution < -0.4 is 20.9 Å². The smallest absolute Gasteiger partial charge is 0.279 e. The number of hydrogen-bond acceptors (Lipinski definition) is 4. The van der Waals surface area contributed by atoms with Crippen LogP contribution in [0.15, 0.2) is 78.9 Å². The maximum Gasteiger partial charge on any atom is 0.279 e. The first kappa shape index (κ1) is 22.6. The number of benzene rings is 3. The fourth-order valence-corrected chi connectivity index (χ4v) is 2.87. The van der Waals surface area contributed by atoms with Gasteiger partial charge in [0.15, 0.2) is 6.10 Å². The molecular formula is C25H25N3O4. The summed E-state index contributed by atoms with van der Waals surface area (Å²) in [4.78, 5) is 37.0. The van der Waals surface area contributed by atoms with Crippen LogP contribution in [0.4, 0.5) is 5.69 Å². The van der Waals surface area contributed by atoms with E-state index >= 15 is 0 Å². The zero-order valence-electron chi connectivity index (χ0n) is 17.9. The van der Waals surface area contributed by atoms with Crippen LogP contribution in [0.3, 0.4) is 0 Å². The summed E-state index contributed by atoms with van der Waals surface area (Å²) in [5, 5.41) is 2.77. The van der Waals surface area contributed by atoms with Gasteiger partial charge in [0.05, 0.1) is 0 Å². The molecule has 3 rings (SSSR count). The highest BCUT2D eigenvalue weighted by Crippen LogP contribution is 2.15. The number of rotatable bonds is 7. The second-order valence-electron chi connectivity index (χ2n) is 7.17. The van der Waals surface area contributed by atoms with Crippen molar-refractivity contribution in [3.05, 3.63) is 95.6 Å². The summed E-state index contributed by atoms with van der Waals surface area (Å²) in [7, 11) is 0. The van der Waals surface area contributed by atoms with Crippen LogP contribution >= 0.6 is 0 Å². The molecule has 0 aliphatic heterocycles. The quantitative estimate of drug-likeness (QED) is 0.495. The van der Waals surface area contributed by atoms with Gasteiger partial charge in [-0.25, -0.2) is 0 Å². The number of amides is 3. The minimum absolute atomic E-state index is 0.241. The summed E-state index contributed by atoms with van der Waals surface area (Å²) in [5.41, 5.74) is 7.30. The summed E-state index contributed by atoms with van der Waals surface area (Å²) >= 11 is 0. The van der Waals surface area contributed by atoms with Gasteiger partial charge in [-0.1, -0.05) is 42.8 Å². The van der Waals surface area contributed by atoms with Gasteiger partial charge in [-0.3, -0.25) is 25.2 Å². The van der Waals surface area contributed by atoms with Gasteiger partial charge in [-0.2, -0.15) is 0 Å². The van der Waals surface area contributed by atoms with E-state index in [1.165, 1.54) is 0 Å². The van der Waals surface area contributed by atoms with E-state index in [4.69, 9.17) is 4.74 Å². The average Bonchev–Trinajstić information content (AvgIpc) is 2.83. The molecule has 0 aromatic heterocycles. The number of aryl methyl sites for hydroxylation is 1. The fourth-order valence-electron chi connectivity index (χ4n) is 2.87. The van der Waals surface area contributed by atoms with Crippen LogP contribution in [-0.2, 0) is 4.79 Å². The van der Waals surface area contributed by atoms with Crippen molar-refractivity contribution in [2.45, 2.75) is 26.4 Å². The Morgan fingerprint density at radius 2 is 1.41 bits per heavy atom. The van der Waals surface area contributed by atoms with Crippen LogP contribution in [0.25, 0.3) is 0 Å². The van der Waals surface area contributed by atoms with Gasteiger partial charge >= 0.3 is 0 Å². The molecule has 1 atom stereocenters. The molecule has 0 aliphatic rings. The first-order chi connectivity index (χ1) is 15.5.